The number of carbonyl (C=O) groups is 2. The van der Waals surface area contributed by atoms with E-state index in [4.69, 9.17) is 0 Å². The summed E-state index contributed by atoms with van der Waals surface area (Å²) in [6.07, 6.45) is 6.57. The average molecular weight is 318 g/mol. The number of hydrogen-bond acceptors (Lipinski definition) is 3. The molecule has 0 bridgehead atoms. The Labute approximate surface area is 133 Å². The first kappa shape index (κ1) is 18.2. The molecule has 0 radical (unpaired) electrons. The maximum absolute atomic E-state index is 12.3. The number of nitrogens with zero attached hydrogens (tertiary/aromatic N) is 1. The number of nitrogens with one attached hydrogen (secondary N) is 2. The van der Waals surface area contributed by atoms with Crippen LogP contribution < -0.4 is 10.6 Å². The van der Waals surface area contributed by atoms with Crippen LogP contribution in [0.4, 0.5) is 0 Å². The Bertz CT molecular complexity index is 346. The van der Waals surface area contributed by atoms with Crippen LogP contribution in [0.25, 0.3) is 0 Å². The Balaban J connectivity index is 0.00000220. The van der Waals surface area contributed by atoms with Crippen molar-refractivity contribution in [1.82, 2.24) is 15.5 Å². The summed E-state index contributed by atoms with van der Waals surface area (Å²) >= 11 is 0. The molecular weight excluding hydrogens is 290 g/mol. The maximum Gasteiger partial charge on any atom is 0.242 e. The fourth-order valence-electron chi connectivity index (χ4n) is 3.13. The highest BCUT2D eigenvalue weighted by Crippen LogP contribution is 2.18. The molecule has 0 saturated carbocycles. The van der Waals surface area contributed by atoms with E-state index < -0.39 is 0 Å². The van der Waals surface area contributed by atoms with Gasteiger partial charge in [-0.05, 0) is 45.1 Å². The van der Waals surface area contributed by atoms with E-state index in [-0.39, 0.29) is 30.3 Å². The van der Waals surface area contributed by atoms with E-state index in [9.17, 15) is 9.59 Å². The van der Waals surface area contributed by atoms with Crippen molar-refractivity contribution in [1.29, 1.82) is 0 Å². The molecule has 2 aliphatic rings. The average Bonchev–Trinajstić information content (AvgIpc) is 2.98. The highest BCUT2D eigenvalue weighted by atomic mass is 35.5. The zero-order chi connectivity index (χ0) is 14.4. The normalized spacial score (nSPS) is 25.3. The van der Waals surface area contributed by atoms with Crippen LogP contribution in [0.3, 0.4) is 0 Å². The van der Waals surface area contributed by atoms with Crippen LogP contribution in [0, 0.1) is 0 Å². The van der Waals surface area contributed by atoms with Crippen LogP contribution in [0.2, 0.25) is 0 Å². The third kappa shape index (κ3) is 5.15. The van der Waals surface area contributed by atoms with E-state index in [2.05, 4.69) is 10.6 Å². The Morgan fingerprint density at radius 3 is 2.71 bits per heavy atom. The molecule has 0 aromatic heterocycles. The molecule has 2 amide bonds. The summed E-state index contributed by atoms with van der Waals surface area (Å²) in [7, 11) is 0. The summed E-state index contributed by atoms with van der Waals surface area (Å²) < 4.78 is 0. The molecule has 2 atom stereocenters. The predicted octanol–water partition coefficient (Wildman–Crippen LogP) is 1.46. The molecule has 0 spiro atoms. The predicted molar refractivity (Wildman–Crippen MR) is 85.5 cm³/mol. The minimum atomic E-state index is -0.246. The smallest absolute Gasteiger partial charge is 0.242 e. The molecule has 122 valence electrons. The first-order valence-electron chi connectivity index (χ1n) is 8.03. The lowest BCUT2D eigenvalue weighted by atomic mass is 10.0. The highest BCUT2D eigenvalue weighted by Gasteiger charge is 2.31. The number of halogens is 1. The Morgan fingerprint density at radius 1 is 1.24 bits per heavy atom. The molecule has 0 aromatic carbocycles. The van der Waals surface area contributed by atoms with Crippen LogP contribution in [0.5, 0.6) is 0 Å². The zero-order valence-corrected chi connectivity index (χ0v) is 13.7. The fraction of sp³-hybridized carbons (Fsp3) is 0.867. The Kier molecular flexibility index (Phi) is 8.04. The third-order valence-electron chi connectivity index (χ3n) is 4.27. The van der Waals surface area contributed by atoms with Crippen LogP contribution in [-0.2, 0) is 9.59 Å². The van der Waals surface area contributed by atoms with Crippen molar-refractivity contribution >= 4 is 24.2 Å². The van der Waals surface area contributed by atoms with Gasteiger partial charge in [0, 0.05) is 25.6 Å². The van der Waals surface area contributed by atoms with Crippen molar-refractivity contribution in [3.63, 3.8) is 0 Å². The van der Waals surface area contributed by atoms with E-state index in [1.54, 1.807) is 4.90 Å². The van der Waals surface area contributed by atoms with Crippen molar-refractivity contribution in [3.8, 4) is 0 Å². The number of rotatable bonds is 5. The van der Waals surface area contributed by atoms with Gasteiger partial charge in [-0.25, -0.2) is 0 Å². The lowest BCUT2D eigenvalue weighted by molar-refractivity contribution is -0.142. The van der Waals surface area contributed by atoms with E-state index in [0.717, 1.165) is 45.2 Å². The topological polar surface area (TPSA) is 61.4 Å². The Hall–Kier alpha value is -0.810. The van der Waals surface area contributed by atoms with Crippen LogP contribution in [0.15, 0.2) is 0 Å². The standard InChI is InChI=1S/C15H27N3O2.ClH/c1-2-6-14(19)18-10-4-3-8-13(18)15(20)17-11-12-7-5-9-16-12;/h12-13,16H,2-11H2,1H3,(H,17,20);1H. The van der Waals surface area contributed by atoms with Gasteiger partial charge in [-0.15, -0.1) is 12.4 Å². The third-order valence-corrected chi connectivity index (χ3v) is 4.27. The molecule has 2 heterocycles. The van der Waals surface area contributed by atoms with E-state index in [0.29, 0.717) is 19.0 Å². The quantitative estimate of drug-likeness (QED) is 0.807. The lowest BCUT2D eigenvalue weighted by Crippen LogP contribution is -2.53. The minimum Gasteiger partial charge on any atom is -0.353 e. The SMILES string of the molecule is CCCC(=O)N1CCCCC1C(=O)NCC1CCCN1.Cl. The van der Waals surface area contributed by atoms with Gasteiger partial charge in [0.25, 0.3) is 0 Å². The van der Waals surface area contributed by atoms with Crippen molar-refractivity contribution in [2.24, 2.45) is 0 Å². The van der Waals surface area contributed by atoms with E-state index in [1.165, 1.54) is 6.42 Å². The maximum atomic E-state index is 12.3. The van der Waals surface area contributed by atoms with Crippen molar-refractivity contribution < 1.29 is 9.59 Å². The van der Waals surface area contributed by atoms with E-state index >= 15 is 0 Å². The summed E-state index contributed by atoms with van der Waals surface area (Å²) in [5, 5.41) is 6.40. The van der Waals surface area contributed by atoms with Crippen LogP contribution >= 0.6 is 12.4 Å². The van der Waals surface area contributed by atoms with Gasteiger partial charge in [-0.1, -0.05) is 6.92 Å². The second-order valence-electron chi connectivity index (χ2n) is 5.89. The van der Waals surface area contributed by atoms with Crippen LogP contribution in [-0.4, -0.2) is 48.4 Å². The van der Waals surface area contributed by atoms with Gasteiger partial charge in [-0.2, -0.15) is 0 Å². The molecule has 0 aromatic rings. The molecular formula is C15H28ClN3O2. The number of piperidine rings is 1. The molecule has 2 N–H and O–H groups in total. The summed E-state index contributed by atoms with van der Waals surface area (Å²) in [5.74, 6) is 0.161. The minimum absolute atomic E-state index is 0. The van der Waals surface area contributed by atoms with E-state index in [1.807, 2.05) is 6.92 Å². The number of likely N-dealkylation sites (tertiary alicyclic amines) is 1. The number of hydrogen-bond donors (Lipinski definition) is 2. The molecule has 0 aliphatic carbocycles. The second-order valence-corrected chi connectivity index (χ2v) is 5.89. The van der Waals surface area contributed by atoms with Gasteiger partial charge >= 0.3 is 0 Å². The molecule has 2 unspecified atom stereocenters. The summed E-state index contributed by atoms with van der Waals surface area (Å²) in [4.78, 5) is 26.2. The molecule has 2 rings (SSSR count). The Morgan fingerprint density at radius 2 is 2.05 bits per heavy atom. The summed E-state index contributed by atoms with van der Waals surface area (Å²) in [6.45, 7) is 4.47. The van der Waals surface area contributed by atoms with Gasteiger partial charge in [-0.3, -0.25) is 9.59 Å². The first-order chi connectivity index (χ1) is 9.72. The molecule has 6 heteroatoms. The lowest BCUT2D eigenvalue weighted by Gasteiger charge is -2.35. The van der Waals surface area contributed by atoms with Gasteiger partial charge in [0.2, 0.25) is 11.8 Å². The van der Waals surface area contributed by atoms with Gasteiger partial charge in [0.1, 0.15) is 6.04 Å². The molecule has 2 saturated heterocycles. The molecule has 5 nitrogen and oxygen atoms in total. The number of amides is 2. The van der Waals surface area contributed by atoms with Crippen molar-refractivity contribution in [2.45, 2.75) is 64.0 Å². The fourth-order valence-corrected chi connectivity index (χ4v) is 3.13. The number of carbonyl (C=O) groups excluding carboxylic acids is 2. The zero-order valence-electron chi connectivity index (χ0n) is 12.9. The van der Waals surface area contributed by atoms with Crippen LogP contribution in [0.1, 0.15) is 51.9 Å². The largest absolute Gasteiger partial charge is 0.353 e. The first-order valence-corrected chi connectivity index (χ1v) is 8.03. The van der Waals surface area contributed by atoms with Gasteiger partial charge in [0.05, 0.1) is 0 Å². The molecule has 2 aliphatic heterocycles. The van der Waals surface area contributed by atoms with Gasteiger partial charge in [0.15, 0.2) is 0 Å². The summed E-state index contributed by atoms with van der Waals surface area (Å²) in [6, 6.07) is 0.159. The molecule has 2 fully saturated rings. The molecule has 21 heavy (non-hydrogen) atoms. The van der Waals surface area contributed by atoms with Crippen molar-refractivity contribution in [2.75, 3.05) is 19.6 Å². The highest BCUT2D eigenvalue weighted by molar-refractivity contribution is 5.87. The van der Waals surface area contributed by atoms with Crippen molar-refractivity contribution in [3.05, 3.63) is 0 Å². The monoisotopic (exact) mass is 317 g/mol. The summed E-state index contributed by atoms with van der Waals surface area (Å²) in [5.41, 5.74) is 0. The van der Waals surface area contributed by atoms with Gasteiger partial charge < -0.3 is 15.5 Å². The second kappa shape index (κ2) is 9.26.